The number of hydrogen-bond donors (Lipinski definition) is 1. The molecule has 3 heteroatoms. The molecule has 0 radical (unpaired) electrons. The van der Waals surface area contributed by atoms with Crippen LogP contribution >= 0.6 is 0 Å². The molecule has 0 aliphatic rings. The molecule has 0 saturated carbocycles. The minimum Gasteiger partial charge on any atom is -0.381 e. The fourth-order valence-electron chi connectivity index (χ4n) is 1.38. The van der Waals surface area contributed by atoms with Crippen LogP contribution in [-0.4, -0.2) is 5.16 Å². The average molecular weight is 202 g/mol. The van der Waals surface area contributed by atoms with Crippen LogP contribution < -0.4 is 5.32 Å². The highest BCUT2D eigenvalue weighted by Gasteiger charge is 1.96. The molecule has 15 heavy (non-hydrogen) atoms. The van der Waals surface area contributed by atoms with Crippen molar-refractivity contribution < 1.29 is 4.52 Å². The van der Waals surface area contributed by atoms with Crippen molar-refractivity contribution in [2.75, 3.05) is 5.32 Å². The maximum atomic E-state index is 4.75. The van der Waals surface area contributed by atoms with E-state index < -0.39 is 0 Å². The zero-order chi connectivity index (χ0) is 10.5. The third-order valence-corrected chi connectivity index (χ3v) is 2.34. The topological polar surface area (TPSA) is 38.1 Å². The molecule has 0 spiro atoms. The smallest absolute Gasteiger partial charge is 0.128 e. The Hall–Kier alpha value is -1.77. The van der Waals surface area contributed by atoms with Gasteiger partial charge in [0.15, 0.2) is 0 Å². The van der Waals surface area contributed by atoms with Gasteiger partial charge in [-0.25, -0.2) is 0 Å². The predicted molar refractivity (Wildman–Crippen MR) is 59.6 cm³/mol. The molecule has 1 aromatic carbocycles. The number of aryl methyl sites for hydroxylation is 1. The summed E-state index contributed by atoms with van der Waals surface area (Å²) in [6, 6.07) is 8.45. The van der Waals surface area contributed by atoms with Gasteiger partial charge in [0.1, 0.15) is 6.26 Å². The highest BCUT2D eigenvalue weighted by atomic mass is 16.5. The van der Waals surface area contributed by atoms with Crippen molar-refractivity contribution >= 4 is 5.69 Å². The Kier molecular flexibility index (Phi) is 3.02. The molecule has 0 aliphatic carbocycles. The van der Waals surface area contributed by atoms with E-state index in [9.17, 15) is 0 Å². The van der Waals surface area contributed by atoms with Crippen LogP contribution in [0.3, 0.4) is 0 Å². The van der Waals surface area contributed by atoms with E-state index in [4.69, 9.17) is 4.52 Å². The number of anilines is 1. The Bertz CT molecular complexity index is 392. The zero-order valence-corrected chi connectivity index (χ0v) is 8.73. The van der Waals surface area contributed by atoms with Gasteiger partial charge in [-0.3, -0.25) is 0 Å². The van der Waals surface area contributed by atoms with Crippen LogP contribution in [0.4, 0.5) is 5.69 Å². The standard InChI is InChI=1S/C12H14N2O/c1-2-10-3-5-12(6-4-10)13-7-11-8-14-15-9-11/h3-6,8-9,13H,2,7H2,1H3. The SMILES string of the molecule is CCc1ccc(NCc2cnoc2)cc1. The summed E-state index contributed by atoms with van der Waals surface area (Å²) in [5.41, 5.74) is 3.52. The van der Waals surface area contributed by atoms with Gasteiger partial charge in [0.2, 0.25) is 0 Å². The van der Waals surface area contributed by atoms with Gasteiger partial charge < -0.3 is 9.84 Å². The molecule has 2 aromatic rings. The minimum atomic E-state index is 0.745. The average Bonchev–Trinajstić information content (AvgIpc) is 2.80. The Labute approximate surface area is 89.1 Å². The van der Waals surface area contributed by atoms with E-state index >= 15 is 0 Å². The summed E-state index contributed by atoms with van der Waals surface area (Å²) >= 11 is 0. The lowest BCUT2D eigenvalue weighted by Crippen LogP contribution is -1.97. The van der Waals surface area contributed by atoms with Gasteiger partial charge in [-0.2, -0.15) is 0 Å². The second-order valence-electron chi connectivity index (χ2n) is 3.44. The van der Waals surface area contributed by atoms with Gasteiger partial charge in [0.25, 0.3) is 0 Å². The van der Waals surface area contributed by atoms with Gasteiger partial charge in [0.05, 0.1) is 6.20 Å². The number of nitrogens with one attached hydrogen (secondary N) is 1. The third-order valence-electron chi connectivity index (χ3n) is 2.34. The Morgan fingerprint density at radius 1 is 1.20 bits per heavy atom. The third kappa shape index (κ3) is 2.59. The molecular formula is C12H14N2O. The monoisotopic (exact) mass is 202 g/mol. The second kappa shape index (κ2) is 4.64. The van der Waals surface area contributed by atoms with Crippen LogP contribution in [-0.2, 0) is 13.0 Å². The van der Waals surface area contributed by atoms with E-state index in [0.29, 0.717) is 0 Å². The van der Waals surface area contributed by atoms with Crippen molar-refractivity contribution in [3.8, 4) is 0 Å². The van der Waals surface area contributed by atoms with Crippen molar-refractivity contribution in [1.82, 2.24) is 5.16 Å². The van der Waals surface area contributed by atoms with Gasteiger partial charge >= 0.3 is 0 Å². The van der Waals surface area contributed by atoms with Crippen molar-refractivity contribution in [1.29, 1.82) is 0 Å². The van der Waals surface area contributed by atoms with Gasteiger partial charge in [0, 0.05) is 17.8 Å². The van der Waals surface area contributed by atoms with Crippen LogP contribution in [0.15, 0.2) is 41.2 Å². The van der Waals surface area contributed by atoms with E-state index in [1.165, 1.54) is 5.56 Å². The highest BCUT2D eigenvalue weighted by Crippen LogP contribution is 2.11. The quantitative estimate of drug-likeness (QED) is 0.828. The molecule has 0 aliphatic heterocycles. The van der Waals surface area contributed by atoms with Crippen molar-refractivity contribution in [3.05, 3.63) is 47.9 Å². The number of benzene rings is 1. The fourth-order valence-corrected chi connectivity index (χ4v) is 1.38. The molecule has 0 bridgehead atoms. The molecule has 2 rings (SSSR count). The number of nitrogens with zero attached hydrogens (tertiary/aromatic N) is 1. The summed E-state index contributed by atoms with van der Waals surface area (Å²) < 4.78 is 4.75. The van der Waals surface area contributed by atoms with Crippen LogP contribution in [0.2, 0.25) is 0 Å². The molecule has 1 heterocycles. The minimum absolute atomic E-state index is 0.745. The molecular weight excluding hydrogens is 188 g/mol. The second-order valence-corrected chi connectivity index (χ2v) is 3.44. The largest absolute Gasteiger partial charge is 0.381 e. The first-order chi connectivity index (χ1) is 7.38. The summed E-state index contributed by atoms with van der Waals surface area (Å²) in [6.45, 7) is 2.90. The molecule has 1 aromatic heterocycles. The van der Waals surface area contributed by atoms with Crippen molar-refractivity contribution in [3.63, 3.8) is 0 Å². The van der Waals surface area contributed by atoms with Gasteiger partial charge in [-0.05, 0) is 24.1 Å². The number of hydrogen-bond acceptors (Lipinski definition) is 3. The summed E-state index contributed by atoms with van der Waals surface area (Å²) in [5, 5.41) is 6.95. The maximum absolute atomic E-state index is 4.75. The van der Waals surface area contributed by atoms with E-state index in [1.54, 1.807) is 12.5 Å². The first kappa shape index (κ1) is 9.77. The Morgan fingerprint density at radius 3 is 2.60 bits per heavy atom. The lowest BCUT2D eigenvalue weighted by Gasteiger charge is -2.04. The van der Waals surface area contributed by atoms with Crippen LogP contribution in [0.5, 0.6) is 0 Å². The first-order valence-electron chi connectivity index (χ1n) is 5.09. The summed E-state index contributed by atoms with van der Waals surface area (Å²) in [4.78, 5) is 0. The molecule has 78 valence electrons. The van der Waals surface area contributed by atoms with E-state index in [2.05, 4.69) is 41.7 Å². The number of rotatable bonds is 4. The Morgan fingerprint density at radius 2 is 2.00 bits per heavy atom. The molecule has 0 unspecified atom stereocenters. The molecule has 1 N–H and O–H groups in total. The van der Waals surface area contributed by atoms with Crippen LogP contribution in [0.25, 0.3) is 0 Å². The van der Waals surface area contributed by atoms with Crippen LogP contribution in [0, 0.1) is 0 Å². The fraction of sp³-hybridized carbons (Fsp3) is 0.250. The molecule has 0 amide bonds. The number of aromatic nitrogens is 1. The molecule has 3 nitrogen and oxygen atoms in total. The van der Waals surface area contributed by atoms with E-state index in [1.807, 2.05) is 0 Å². The highest BCUT2D eigenvalue weighted by molar-refractivity contribution is 5.44. The predicted octanol–water partition coefficient (Wildman–Crippen LogP) is 2.85. The van der Waals surface area contributed by atoms with Crippen molar-refractivity contribution in [2.45, 2.75) is 19.9 Å². The summed E-state index contributed by atoms with van der Waals surface area (Å²) in [7, 11) is 0. The summed E-state index contributed by atoms with van der Waals surface area (Å²) in [5.74, 6) is 0. The van der Waals surface area contributed by atoms with Crippen molar-refractivity contribution in [2.24, 2.45) is 0 Å². The zero-order valence-electron chi connectivity index (χ0n) is 8.73. The lowest BCUT2D eigenvalue weighted by molar-refractivity contribution is 0.419. The Balaban J connectivity index is 1.93. The van der Waals surface area contributed by atoms with Gasteiger partial charge in [-0.1, -0.05) is 24.2 Å². The molecule has 0 saturated heterocycles. The lowest BCUT2D eigenvalue weighted by atomic mass is 10.1. The van der Waals surface area contributed by atoms with E-state index in [0.717, 1.165) is 24.2 Å². The molecule has 0 fully saturated rings. The molecule has 0 atom stereocenters. The van der Waals surface area contributed by atoms with Crippen LogP contribution in [0.1, 0.15) is 18.1 Å². The summed E-state index contributed by atoms with van der Waals surface area (Å²) in [6.07, 6.45) is 4.44. The maximum Gasteiger partial charge on any atom is 0.128 e. The normalized spacial score (nSPS) is 10.2. The van der Waals surface area contributed by atoms with Gasteiger partial charge in [-0.15, -0.1) is 0 Å². The van der Waals surface area contributed by atoms with E-state index in [-0.39, 0.29) is 0 Å². The first-order valence-corrected chi connectivity index (χ1v) is 5.09.